The standard InChI is InChI=1S/C16H21N3O5S/c1-5-24-13-8-6-12(7-9-13)10-18(3)25(22,23)14-11-17(2)16(21)19(4)15(14)20/h6-9,11H,5,10H2,1-4H3. The summed E-state index contributed by atoms with van der Waals surface area (Å²) in [5.74, 6) is 0.698. The summed E-state index contributed by atoms with van der Waals surface area (Å²) in [6.07, 6.45) is 1.05. The summed E-state index contributed by atoms with van der Waals surface area (Å²) in [7, 11) is -0.0134. The second-order valence-corrected chi connectivity index (χ2v) is 7.60. The smallest absolute Gasteiger partial charge is 0.330 e. The number of nitrogens with zero attached hydrogens (tertiary/aromatic N) is 3. The van der Waals surface area contributed by atoms with Crippen molar-refractivity contribution in [3.05, 3.63) is 56.9 Å². The molecule has 1 heterocycles. The van der Waals surface area contributed by atoms with E-state index in [1.807, 2.05) is 6.92 Å². The number of aryl methyl sites for hydroxylation is 1. The molecule has 136 valence electrons. The molecule has 25 heavy (non-hydrogen) atoms. The van der Waals surface area contributed by atoms with E-state index in [2.05, 4.69) is 0 Å². The van der Waals surface area contributed by atoms with Gasteiger partial charge in [0, 0.05) is 33.9 Å². The van der Waals surface area contributed by atoms with Crippen LogP contribution in [0.2, 0.25) is 0 Å². The molecule has 8 nitrogen and oxygen atoms in total. The van der Waals surface area contributed by atoms with Crippen LogP contribution in [0.5, 0.6) is 5.75 Å². The fourth-order valence-electron chi connectivity index (χ4n) is 2.32. The maximum absolute atomic E-state index is 12.7. The second-order valence-electron chi connectivity index (χ2n) is 5.59. The summed E-state index contributed by atoms with van der Waals surface area (Å²) in [5, 5.41) is 0. The first-order chi connectivity index (χ1) is 11.7. The van der Waals surface area contributed by atoms with Gasteiger partial charge in [0.15, 0.2) is 4.90 Å². The molecule has 2 aromatic rings. The normalized spacial score (nSPS) is 11.7. The molecule has 0 bridgehead atoms. The van der Waals surface area contributed by atoms with Crippen molar-refractivity contribution < 1.29 is 13.2 Å². The van der Waals surface area contributed by atoms with Gasteiger partial charge in [0.2, 0.25) is 10.0 Å². The summed E-state index contributed by atoms with van der Waals surface area (Å²) >= 11 is 0. The maximum atomic E-state index is 12.7. The highest BCUT2D eigenvalue weighted by Gasteiger charge is 2.26. The molecule has 0 atom stereocenters. The van der Waals surface area contributed by atoms with Crippen molar-refractivity contribution in [3.63, 3.8) is 0 Å². The van der Waals surface area contributed by atoms with E-state index in [0.717, 1.165) is 25.2 Å². The van der Waals surface area contributed by atoms with E-state index in [-0.39, 0.29) is 6.54 Å². The first kappa shape index (κ1) is 18.9. The third-order valence-corrected chi connectivity index (χ3v) is 5.53. The van der Waals surface area contributed by atoms with E-state index < -0.39 is 26.2 Å². The number of ether oxygens (including phenoxy) is 1. The van der Waals surface area contributed by atoms with E-state index in [9.17, 15) is 18.0 Å². The minimum Gasteiger partial charge on any atom is -0.494 e. The molecular formula is C16H21N3O5S. The number of aromatic nitrogens is 2. The van der Waals surface area contributed by atoms with Crippen LogP contribution in [0.3, 0.4) is 0 Å². The molecule has 0 saturated carbocycles. The molecule has 0 radical (unpaired) electrons. The fourth-order valence-corrected chi connectivity index (χ4v) is 3.62. The molecule has 2 rings (SSSR count). The molecule has 0 aliphatic carbocycles. The first-order valence-electron chi connectivity index (χ1n) is 7.63. The molecule has 0 aliphatic heterocycles. The summed E-state index contributed by atoms with van der Waals surface area (Å²) in [5.41, 5.74) is -0.684. The Morgan fingerprint density at radius 1 is 1.12 bits per heavy atom. The van der Waals surface area contributed by atoms with Gasteiger partial charge in [-0.25, -0.2) is 13.2 Å². The van der Waals surface area contributed by atoms with Gasteiger partial charge in [-0.3, -0.25) is 9.36 Å². The fraction of sp³-hybridized carbons (Fsp3) is 0.375. The van der Waals surface area contributed by atoms with Crippen LogP contribution < -0.4 is 16.0 Å². The molecule has 1 aromatic heterocycles. The van der Waals surface area contributed by atoms with Gasteiger partial charge in [-0.15, -0.1) is 0 Å². The molecule has 0 amide bonds. The Kier molecular flexibility index (Phi) is 5.48. The Morgan fingerprint density at radius 3 is 2.28 bits per heavy atom. The number of hydrogen-bond donors (Lipinski definition) is 0. The molecule has 0 saturated heterocycles. The third kappa shape index (κ3) is 3.83. The van der Waals surface area contributed by atoms with Gasteiger partial charge >= 0.3 is 5.69 Å². The van der Waals surface area contributed by atoms with Crippen molar-refractivity contribution in [2.75, 3.05) is 13.7 Å². The highest BCUT2D eigenvalue weighted by atomic mass is 32.2. The van der Waals surface area contributed by atoms with Crippen molar-refractivity contribution in [3.8, 4) is 5.75 Å². The predicted octanol–water partition coefficient (Wildman–Crippen LogP) is 0.303. The van der Waals surface area contributed by atoms with Crippen LogP contribution in [0.1, 0.15) is 12.5 Å². The predicted molar refractivity (Wildman–Crippen MR) is 93.2 cm³/mol. The molecule has 0 N–H and O–H groups in total. The van der Waals surface area contributed by atoms with Gasteiger partial charge in [-0.1, -0.05) is 12.1 Å². The highest BCUT2D eigenvalue weighted by Crippen LogP contribution is 2.16. The molecule has 0 spiro atoms. The van der Waals surface area contributed by atoms with E-state index in [4.69, 9.17) is 4.74 Å². The minimum atomic E-state index is -4.04. The summed E-state index contributed by atoms with van der Waals surface area (Å²) < 4.78 is 33.7. The van der Waals surface area contributed by atoms with Crippen LogP contribution in [-0.2, 0) is 30.7 Å². The van der Waals surface area contributed by atoms with Gasteiger partial charge in [0.05, 0.1) is 6.61 Å². The van der Waals surface area contributed by atoms with Crippen LogP contribution >= 0.6 is 0 Å². The summed E-state index contributed by atoms with van der Waals surface area (Å²) in [6.45, 7) is 2.51. The van der Waals surface area contributed by atoms with E-state index >= 15 is 0 Å². The lowest BCUT2D eigenvalue weighted by atomic mass is 10.2. The summed E-state index contributed by atoms with van der Waals surface area (Å²) in [4.78, 5) is 23.5. The first-order valence-corrected chi connectivity index (χ1v) is 9.07. The van der Waals surface area contributed by atoms with Gasteiger partial charge < -0.3 is 9.30 Å². The lowest BCUT2D eigenvalue weighted by Crippen LogP contribution is -2.41. The Morgan fingerprint density at radius 2 is 1.72 bits per heavy atom. The average molecular weight is 367 g/mol. The van der Waals surface area contributed by atoms with Crippen LogP contribution in [-0.4, -0.2) is 35.5 Å². The quantitative estimate of drug-likeness (QED) is 0.733. The van der Waals surface area contributed by atoms with Crippen LogP contribution in [0.4, 0.5) is 0 Å². The second kappa shape index (κ2) is 7.24. The molecule has 0 aliphatic rings. The molecular weight excluding hydrogens is 346 g/mol. The molecule has 1 aromatic carbocycles. The van der Waals surface area contributed by atoms with Crippen molar-refractivity contribution in [1.29, 1.82) is 0 Å². The average Bonchev–Trinajstić information content (AvgIpc) is 2.58. The lowest BCUT2D eigenvalue weighted by Gasteiger charge is -2.18. The van der Waals surface area contributed by atoms with Gasteiger partial charge in [-0.2, -0.15) is 4.31 Å². The third-order valence-electron chi connectivity index (χ3n) is 3.74. The van der Waals surface area contributed by atoms with Gasteiger partial charge in [0.25, 0.3) is 5.56 Å². The van der Waals surface area contributed by atoms with Crippen molar-refractivity contribution in [2.45, 2.75) is 18.4 Å². The van der Waals surface area contributed by atoms with Crippen molar-refractivity contribution in [1.82, 2.24) is 13.4 Å². The lowest BCUT2D eigenvalue weighted by molar-refractivity contribution is 0.340. The van der Waals surface area contributed by atoms with Crippen LogP contribution in [0.15, 0.2) is 44.9 Å². The molecule has 9 heteroatoms. The largest absolute Gasteiger partial charge is 0.494 e. The summed E-state index contributed by atoms with van der Waals surface area (Å²) in [6, 6.07) is 7.03. The van der Waals surface area contributed by atoms with E-state index in [1.165, 1.54) is 21.1 Å². The number of sulfonamides is 1. The monoisotopic (exact) mass is 367 g/mol. The molecule has 0 unspecified atom stereocenters. The number of hydrogen-bond acceptors (Lipinski definition) is 5. The Labute approximate surface area is 145 Å². The van der Waals surface area contributed by atoms with Crippen LogP contribution in [0.25, 0.3) is 0 Å². The topological polar surface area (TPSA) is 90.6 Å². The number of rotatable bonds is 6. The van der Waals surface area contributed by atoms with Gasteiger partial charge in [0.1, 0.15) is 5.75 Å². The Balaban J connectivity index is 2.34. The molecule has 0 fully saturated rings. The van der Waals surface area contributed by atoms with Crippen molar-refractivity contribution >= 4 is 10.0 Å². The SMILES string of the molecule is CCOc1ccc(CN(C)S(=O)(=O)c2cn(C)c(=O)n(C)c2=O)cc1. The Bertz CT molecular complexity index is 974. The maximum Gasteiger partial charge on any atom is 0.330 e. The Hall–Kier alpha value is -2.39. The highest BCUT2D eigenvalue weighted by molar-refractivity contribution is 7.89. The van der Waals surface area contributed by atoms with E-state index in [0.29, 0.717) is 12.4 Å². The van der Waals surface area contributed by atoms with Crippen LogP contribution in [0, 0.1) is 0 Å². The number of benzene rings is 1. The zero-order valence-corrected chi connectivity index (χ0v) is 15.4. The zero-order valence-electron chi connectivity index (χ0n) is 14.6. The van der Waals surface area contributed by atoms with Crippen molar-refractivity contribution in [2.24, 2.45) is 14.1 Å². The van der Waals surface area contributed by atoms with Gasteiger partial charge in [-0.05, 0) is 24.6 Å². The van der Waals surface area contributed by atoms with E-state index in [1.54, 1.807) is 24.3 Å². The zero-order chi connectivity index (χ0) is 18.8. The minimum absolute atomic E-state index is 0.0841.